The lowest BCUT2D eigenvalue weighted by Crippen LogP contribution is -2.31. The Morgan fingerprint density at radius 3 is 1.48 bits per heavy atom. The Bertz CT molecular complexity index is 937. The Kier molecular flexibility index (Phi) is 6.30. The van der Waals surface area contributed by atoms with Gasteiger partial charge < -0.3 is 0 Å². The number of hydrogen-bond donors (Lipinski definition) is 0. The van der Waals surface area contributed by atoms with Crippen LogP contribution in [0.15, 0.2) is 97.6 Å². The fraction of sp³-hybridized carbons (Fsp3) is 0.167. The van der Waals surface area contributed by atoms with Crippen molar-refractivity contribution in [2.45, 2.75) is 25.6 Å². The third-order valence-electron chi connectivity index (χ3n) is 4.78. The minimum absolute atomic E-state index is 0.0510. The second-order valence-electron chi connectivity index (χ2n) is 6.84. The maximum absolute atomic E-state index is 4.67. The summed E-state index contributed by atoms with van der Waals surface area (Å²) in [5.74, 6) is 0. The van der Waals surface area contributed by atoms with E-state index < -0.39 is 0 Å². The maximum Gasteiger partial charge on any atom is 0.0584 e. The molecule has 4 rings (SSSR count). The molecule has 4 aromatic rings. The van der Waals surface area contributed by atoms with Crippen LogP contribution in [0.1, 0.15) is 28.8 Å². The summed E-state index contributed by atoms with van der Waals surface area (Å²) < 4.78 is 0. The standard InChI is InChI=1S/C24H23N5/c1-5-13-25-20(9-1)17-24(23-12-4-8-16-28-23)29(18-21-10-2-6-14-26-21)19-22-11-3-7-15-27-22/h1-16,24H,17-19H2. The molecule has 5 heteroatoms. The molecule has 0 aromatic carbocycles. The molecule has 0 N–H and O–H groups in total. The van der Waals surface area contributed by atoms with Gasteiger partial charge in [-0.1, -0.05) is 24.3 Å². The van der Waals surface area contributed by atoms with Crippen LogP contribution in [-0.4, -0.2) is 24.8 Å². The summed E-state index contributed by atoms with van der Waals surface area (Å²) in [5.41, 5.74) is 4.09. The van der Waals surface area contributed by atoms with E-state index in [2.05, 4.69) is 49.1 Å². The highest BCUT2D eigenvalue weighted by Gasteiger charge is 2.24. The molecule has 0 spiro atoms. The molecule has 0 aliphatic heterocycles. The van der Waals surface area contributed by atoms with E-state index in [-0.39, 0.29) is 6.04 Å². The van der Waals surface area contributed by atoms with Gasteiger partial charge in [-0.15, -0.1) is 0 Å². The summed E-state index contributed by atoms with van der Waals surface area (Å²) in [5, 5.41) is 0. The van der Waals surface area contributed by atoms with Gasteiger partial charge in [0.15, 0.2) is 0 Å². The second kappa shape index (κ2) is 9.66. The first-order chi connectivity index (χ1) is 14.4. The van der Waals surface area contributed by atoms with Crippen molar-refractivity contribution in [1.29, 1.82) is 0 Å². The summed E-state index contributed by atoms with van der Waals surface area (Å²) in [6, 6.07) is 24.2. The number of rotatable bonds is 8. The zero-order valence-corrected chi connectivity index (χ0v) is 16.2. The van der Waals surface area contributed by atoms with E-state index in [0.717, 1.165) is 29.2 Å². The van der Waals surface area contributed by atoms with Gasteiger partial charge in [0.1, 0.15) is 0 Å². The molecule has 0 amide bonds. The number of hydrogen-bond acceptors (Lipinski definition) is 5. The molecule has 4 heterocycles. The maximum atomic E-state index is 4.67. The third-order valence-corrected chi connectivity index (χ3v) is 4.78. The van der Waals surface area contributed by atoms with Gasteiger partial charge in [0.05, 0.1) is 23.1 Å². The first-order valence-corrected chi connectivity index (χ1v) is 9.73. The molecular weight excluding hydrogens is 358 g/mol. The van der Waals surface area contributed by atoms with Crippen LogP contribution in [-0.2, 0) is 19.5 Å². The lowest BCUT2D eigenvalue weighted by Gasteiger charge is -2.31. The summed E-state index contributed by atoms with van der Waals surface area (Å²) in [6.45, 7) is 1.40. The molecule has 0 fully saturated rings. The predicted molar refractivity (Wildman–Crippen MR) is 113 cm³/mol. The Hall–Kier alpha value is -3.44. The topological polar surface area (TPSA) is 54.8 Å². The van der Waals surface area contributed by atoms with Gasteiger partial charge in [-0.2, -0.15) is 0 Å². The molecule has 0 saturated heterocycles. The summed E-state index contributed by atoms with van der Waals surface area (Å²) in [7, 11) is 0. The van der Waals surface area contributed by atoms with E-state index in [4.69, 9.17) is 0 Å². The van der Waals surface area contributed by atoms with Gasteiger partial charge in [0.2, 0.25) is 0 Å². The van der Waals surface area contributed by atoms with Crippen molar-refractivity contribution in [2.75, 3.05) is 0 Å². The fourth-order valence-electron chi connectivity index (χ4n) is 3.39. The van der Waals surface area contributed by atoms with Crippen LogP contribution in [0.2, 0.25) is 0 Å². The van der Waals surface area contributed by atoms with Crippen LogP contribution in [0.25, 0.3) is 0 Å². The molecular formula is C24H23N5. The van der Waals surface area contributed by atoms with E-state index in [0.29, 0.717) is 13.1 Å². The highest BCUT2D eigenvalue weighted by atomic mass is 15.2. The fourth-order valence-corrected chi connectivity index (χ4v) is 3.39. The molecule has 4 aromatic heterocycles. The van der Waals surface area contributed by atoms with Crippen LogP contribution < -0.4 is 0 Å². The highest BCUT2D eigenvalue weighted by Crippen LogP contribution is 2.26. The van der Waals surface area contributed by atoms with E-state index in [1.165, 1.54) is 0 Å². The molecule has 0 aliphatic rings. The van der Waals surface area contributed by atoms with Gasteiger partial charge in [-0.05, 0) is 48.5 Å². The third kappa shape index (κ3) is 5.30. The van der Waals surface area contributed by atoms with E-state index in [1.807, 2.05) is 73.3 Å². The Morgan fingerprint density at radius 1 is 0.552 bits per heavy atom. The molecule has 5 nitrogen and oxygen atoms in total. The van der Waals surface area contributed by atoms with Gasteiger partial charge in [0, 0.05) is 50.0 Å². The molecule has 29 heavy (non-hydrogen) atoms. The average molecular weight is 381 g/mol. The summed E-state index contributed by atoms with van der Waals surface area (Å²) in [6.07, 6.45) is 8.12. The van der Waals surface area contributed by atoms with Gasteiger partial charge in [-0.3, -0.25) is 24.8 Å². The Labute approximate surface area is 171 Å². The first kappa shape index (κ1) is 18.9. The highest BCUT2D eigenvalue weighted by molar-refractivity contribution is 5.16. The lowest BCUT2D eigenvalue weighted by molar-refractivity contribution is 0.168. The Morgan fingerprint density at radius 2 is 1.03 bits per heavy atom. The first-order valence-electron chi connectivity index (χ1n) is 9.73. The molecule has 0 aliphatic carbocycles. The smallest absolute Gasteiger partial charge is 0.0584 e. The average Bonchev–Trinajstić information content (AvgIpc) is 2.80. The Balaban J connectivity index is 1.69. The van der Waals surface area contributed by atoms with Crippen LogP contribution in [0.3, 0.4) is 0 Å². The quantitative estimate of drug-likeness (QED) is 0.457. The van der Waals surface area contributed by atoms with Crippen molar-refractivity contribution in [3.05, 3.63) is 120 Å². The van der Waals surface area contributed by atoms with E-state index in [9.17, 15) is 0 Å². The van der Waals surface area contributed by atoms with E-state index in [1.54, 1.807) is 0 Å². The SMILES string of the molecule is c1ccc(CC(c2ccccn2)N(Cc2ccccn2)Cc2ccccn2)nc1. The molecule has 0 bridgehead atoms. The van der Waals surface area contributed by atoms with Crippen molar-refractivity contribution in [3.63, 3.8) is 0 Å². The largest absolute Gasteiger partial charge is 0.283 e. The number of nitrogens with zero attached hydrogens (tertiary/aromatic N) is 5. The van der Waals surface area contributed by atoms with Crippen LogP contribution >= 0.6 is 0 Å². The van der Waals surface area contributed by atoms with Gasteiger partial charge in [-0.25, -0.2) is 0 Å². The minimum Gasteiger partial charge on any atom is -0.283 e. The van der Waals surface area contributed by atoms with Crippen molar-refractivity contribution in [2.24, 2.45) is 0 Å². The predicted octanol–water partition coefficient (Wildman–Crippen LogP) is 4.25. The summed E-state index contributed by atoms with van der Waals surface area (Å²) in [4.78, 5) is 20.7. The van der Waals surface area contributed by atoms with Crippen molar-refractivity contribution in [1.82, 2.24) is 24.8 Å². The van der Waals surface area contributed by atoms with Crippen molar-refractivity contribution < 1.29 is 0 Å². The zero-order chi connectivity index (χ0) is 19.7. The zero-order valence-electron chi connectivity index (χ0n) is 16.2. The van der Waals surface area contributed by atoms with Crippen molar-refractivity contribution >= 4 is 0 Å². The normalized spacial score (nSPS) is 12.0. The molecule has 0 radical (unpaired) electrons. The molecule has 1 atom stereocenters. The van der Waals surface area contributed by atoms with Gasteiger partial charge >= 0.3 is 0 Å². The number of aromatic nitrogens is 4. The number of pyridine rings is 4. The summed E-state index contributed by atoms with van der Waals surface area (Å²) >= 11 is 0. The van der Waals surface area contributed by atoms with Crippen molar-refractivity contribution in [3.8, 4) is 0 Å². The molecule has 1 unspecified atom stereocenters. The van der Waals surface area contributed by atoms with Crippen LogP contribution in [0.5, 0.6) is 0 Å². The monoisotopic (exact) mass is 381 g/mol. The van der Waals surface area contributed by atoms with E-state index >= 15 is 0 Å². The van der Waals surface area contributed by atoms with Crippen LogP contribution in [0.4, 0.5) is 0 Å². The van der Waals surface area contributed by atoms with Crippen LogP contribution in [0, 0.1) is 0 Å². The molecule has 0 saturated carbocycles. The minimum atomic E-state index is 0.0510. The van der Waals surface area contributed by atoms with Gasteiger partial charge in [0.25, 0.3) is 0 Å². The lowest BCUT2D eigenvalue weighted by atomic mass is 10.0. The molecule has 144 valence electrons. The second-order valence-corrected chi connectivity index (χ2v) is 6.84.